The number of ether oxygens (including phenoxy) is 1. The summed E-state index contributed by atoms with van der Waals surface area (Å²) in [6.45, 7) is 2.11. The van der Waals surface area contributed by atoms with Gasteiger partial charge in [0.2, 0.25) is 5.91 Å². The summed E-state index contributed by atoms with van der Waals surface area (Å²) in [4.78, 5) is 28.2. The highest BCUT2D eigenvalue weighted by atomic mass is 79.9. The standard InChI is InChI=1S/C26H24BrCl3N2O3/c1-2-31-26(34)23(13-17-6-4-3-5-7-17)32(15-18-8-10-20(28)21(29)12-18)25(33)16-35-24-11-9-19(27)14-22(24)30/h3-12,14,23H,2,13,15-16H2,1H3,(H,31,34). The van der Waals surface area contributed by atoms with Gasteiger partial charge < -0.3 is 15.0 Å². The fraction of sp³-hybridized carbons (Fsp3) is 0.231. The first-order valence-electron chi connectivity index (χ1n) is 10.9. The maximum atomic E-state index is 13.5. The lowest BCUT2D eigenvalue weighted by atomic mass is 10.0. The Morgan fingerprint density at radius 2 is 1.69 bits per heavy atom. The molecule has 0 saturated carbocycles. The molecular weight excluding hydrogens is 575 g/mol. The Morgan fingerprint density at radius 1 is 0.943 bits per heavy atom. The fourth-order valence-electron chi connectivity index (χ4n) is 3.50. The van der Waals surface area contributed by atoms with E-state index in [1.165, 1.54) is 4.90 Å². The zero-order valence-corrected chi connectivity index (χ0v) is 22.8. The van der Waals surface area contributed by atoms with Crippen LogP contribution in [0.2, 0.25) is 15.1 Å². The molecule has 0 fully saturated rings. The zero-order valence-electron chi connectivity index (χ0n) is 18.9. The highest BCUT2D eigenvalue weighted by Crippen LogP contribution is 2.28. The summed E-state index contributed by atoms with van der Waals surface area (Å²) < 4.78 is 6.53. The molecule has 3 aromatic rings. The normalized spacial score (nSPS) is 11.6. The summed E-state index contributed by atoms with van der Waals surface area (Å²) in [5.41, 5.74) is 1.66. The Kier molecular flexibility index (Phi) is 10.3. The van der Waals surface area contributed by atoms with Gasteiger partial charge >= 0.3 is 0 Å². The summed E-state index contributed by atoms with van der Waals surface area (Å²) >= 11 is 21.9. The quantitative estimate of drug-likeness (QED) is 0.288. The molecule has 0 saturated heterocycles. The molecule has 1 N–H and O–H groups in total. The summed E-state index contributed by atoms with van der Waals surface area (Å²) in [6, 6.07) is 19.0. The van der Waals surface area contributed by atoms with Crippen LogP contribution in [-0.4, -0.2) is 35.9 Å². The summed E-state index contributed by atoms with van der Waals surface area (Å²) in [7, 11) is 0. The molecule has 0 bridgehead atoms. The zero-order chi connectivity index (χ0) is 25.4. The maximum absolute atomic E-state index is 13.5. The first-order chi connectivity index (χ1) is 16.8. The molecule has 1 atom stereocenters. The second kappa shape index (κ2) is 13.2. The van der Waals surface area contributed by atoms with Crippen LogP contribution in [0.25, 0.3) is 0 Å². The van der Waals surface area contributed by atoms with E-state index in [4.69, 9.17) is 39.5 Å². The van der Waals surface area contributed by atoms with E-state index in [-0.39, 0.29) is 25.0 Å². The lowest BCUT2D eigenvalue weighted by Crippen LogP contribution is -2.51. The third-order valence-electron chi connectivity index (χ3n) is 5.20. The number of carbonyl (C=O) groups excluding carboxylic acids is 2. The molecule has 3 rings (SSSR count). The molecule has 184 valence electrons. The summed E-state index contributed by atoms with van der Waals surface area (Å²) in [5.74, 6) is -0.260. The third kappa shape index (κ3) is 7.87. The van der Waals surface area contributed by atoms with Gasteiger partial charge in [0.05, 0.1) is 15.1 Å². The van der Waals surface area contributed by atoms with E-state index < -0.39 is 6.04 Å². The molecule has 0 heterocycles. The SMILES string of the molecule is CCNC(=O)C(Cc1ccccc1)N(Cc1ccc(Cl)c(Cl)c1)C(=O)COc1ccc(Br)cc1Cl. The topological polar surface area (TPSA) is 58.6 Å². The van der Waals surface area contributed by atoms with Crippen molar-refractivity contribution in [1.82, 2.24) is 10.2 Å². The highest BCUT2D eigenvalue weighted by Gasteiger charge is 2.30. The Balaban J connectivity index is 1.92. The van der Waals surface area contributed by atoms with E-state index in [1.807, 2.05) is 37.3 Å². The van der Waals surface area contributed by atoms with Crippen LogP contribution in [0.1, 0.15) is 18.1 Å². The van der Waals surface area contributed by atoms with Gasteiger partial charge in [0.25, 0.3) is 5.91 Å². The first kappa shape index (κ1) is 27.3. The molecule has 1 unspecified atom stereocenters. The van der Waals surface area contributed by atoms with E-state index >= 15 is 0 Å². The molecule has 35 heavy (non-hydrogen) atoms. The van der Waals surface area contributed by atoms with Crippen molar-refractivity contribution in [2.45, 2.75) is 25.9 Å². The van der Waals surface area contributed by atoms with Crippen LogP contribution >= 0.6 is 50.7 Å². The molecule has 0 aliphatic heterocycles. The second-order valence-electron chi connectivity index (χ2n) is 7.73. The minimum atomic E-state index is -0.775. The average Bonchev–Trinajstić information content (AvgIpc) is 2.83. The van der Waals surface area contributed by atoms with Crippen molar-refractivity contribution in [1.29, 1.82) is 0 Å². The number of likely N-dealkylation sites (N-methyl/N-ethyl adjacent to an activating group) is 1. The Bertz CT molecular complexity index is 1180. The van der Waals surface area contributed by atoms with Crippen molar-refractivity contribution in [2.24, 2.45) is 0 Å². The third-order valence-corrected chi connectivity index (χ3v) is 6.73. The van der Waals surface area contributed by atoms with Crippen LogP contribution in [0, 0.1) is 0 Å². The number of nitrogens with one attached hydrogen (secondary N) is 1. The number of benzene rings is 3. The maximum Gasteiger partial charge on any atom is 0.261 e. The first-order valence-corrected chi connectivity index (χ1v) is 12.8. The lowest BCUT2D eigenvalue weighted by Gasteiger charge is -2.31. The van der Waals surface area contributed by atoms with Crippen LogP contribution in [0.15, 0.2) is 71.2 Å². The van der Waals surface area contributed by atoms with Crippen molar-refractivity contribution in [3.63, 3.8) is 0 Å². The van der Waals surface area contributed by atoms with E-state index in [2.05, 4.69) is 21.2 Å². The molecule has 3 aromatic carbocycles. The molecule has 0 aliphatic carbocycles. The second-order valence-corrected chi connectivity index (χ2v) is 9.87. The Morgan fingerprint density at radius 3 is 2.34 bits per heavy atom. The van der Waals surface area contributed by atoms with Crippen molar-refractivity contribution >= 4 is 62.5 Å². The minimum absolute atomic E-state index is 0.141. The van der Waals surface area contributed by atoms with Gasteiger partial charge in [-0.3, -0.25) is 9.59 Å². The molecule has 9 heteroatoms. The van der Waals surface area contributed by atoms with Gasteiger partial charge in [-0.25, -0.2) is 0 Å². The van der Waals surface area contributed by atoms with Crippen LogP contribution in [0.3, 0.4) is 0 Å². The van der Waals surface area contributed by atoms with Crippen LogP contribution in [0.5, 0.6) is 5.75 Å². The molecule has 0 spiro atoms. The molecule has 2 amide bonds. The summed E-state index contributed by atoms with van der Waals surface area (Å²) in [6.07, 6.45) is 0.332. The smallest absolute Gasteiger partial charge is 0.261 e. The van der Waals surface area contributed by atoms with Gasteiger partial charge in [-0.1, -0.05) is 87.1 Å². The number of carbonyl (C=O) groups is 2. The Hall–Kier alpha value is -2.25. The van der Waals surface area contributed by atoms with E-state index in [1.54, 1.807) is 36.4 Å². The predicted octanol–water partition coefficient (Wildman–Crippen LogP) is 6.56. The number of amides is 2. The molecular formula is C26H24BrCl3N2O3. The fourth-order valence-corrected chi connectivity index (χ4v) is 4.54. The molecule has 0 aromatic heterocycles. The molecule has 0 aliphatic rings. The van der Waals surface area contributed by atoms with E-state index in [0.717, 1.165) is 15.6 Å². The number of hydrogen-bond donors (Lipinski definition) is 1. The van der Waals surface area contributed by atoms with Crippen LogP contribution < -0.4 is 10.1 Å². The van der Waals surface area contributed by atoms with Crippen LogP contribution in [-0.2, 0) is 22.6 Å². The van der Waals surface area contributed by atoms with E-state index in [0.29, 0.717) is 33.8 Å². The van der Waals surface area contributed by atoms with Crippen molar-refractivity contribution in [2.75, 3.05) is 13.2 Å². The van der Waals surface area contributed by atoms with Gasteiger partial charge in [0, 0.05) is 24.0 Å². The van der Waals surface area contributed by atoms with E-state index in [9.17, 15) is 9.59 Å². The number of hydrogen-bond acceptors (Lipinski definition) is 3. The van der Waals surface area contributed by atoms with Crippen molar-refractivity contribution < 1.29 is 14.3 Å². The average molecular weight is 599 g/mol. The van der Waals surface area contributed by atoms with Gasteiger partial charge in [-0.15, -0.1) is 0 Å². The number of rotatable bonds is 10. The monoisotopic (exact) mass is 596 g/mol. The largest absolute Gasteiger partial charge is 0.482 e. The van der Waals surface area contributed by atoms with Gasteiger partial charge in [-0.2, -0.15) is 0 Å². The summed E-state index contributed by atoms with van der Waals surface area (Å²) in [5, 5.41) is 3.99. The van der Waals surface area contributed by atoms with Crippen molar-refractivity contribution in [3.05, 3.63) is 97.4 Å². The van der Waals surface area contributed by atoms with Gasteiger partial charge in [0.15, 0.2) is 6.61 Å². The van der Waals surface area contributed by atoms with Gasteiger partial charge in [-0.05, 0) is 48.4 Å². The molecule has 0 radical (unpaired) electrons. The molecule has 5 nitrogen and oxygen atoms in total. The van der Waals surface area contributed by atoms with Gasteiger partial charge in [0.1, 0.15) is 11.8 Å². The van der Waals surface area contributed by atoms with Crippen molar-refractivity contribution in [3.8, 4) is 5.75 Å². The highest BCUT2D eigenvalue weighted by molar-refractivity contribution is 9.10. The van der Waals surface area contributed by atoms with Crippen LogP contribution in [0.4, 0.5) is 0 Å². The number of nitrogens with zero attached hydrogens (tertiary/aromatic N) is 1. The predicted molar refractivity (Wildman–Crippen MR) is 144 cm³/mol. The Labute approximate surface area is 228 Å². The minimum Gasteiger partial charge on any atom is -0.482 e. The lowest BCUT2D eigenvalue weighted by molar-refractivity contribution is -0.142. The number of halogens is 4.